The molecule has 0 aliphatic carbocycles. The molecule has 0 spiro atoms. The summed E-state index contributed by atoms with van der Waals surface area (Å²) in [5.41, 5.74) is 0. The number of ether oxygens (including phenoxy) is 1. The summed E-state index contributed by atoms with van der Waals surface area (Å²) in [5, 5.41) is 6.02. The summed E-state index contributed by atoms with van der Waals surface area (Å²) >= 11 is 0. The molecule has 0 bridgehead atoms. The van der Waals surface area contributed by atoms with Gasteiger partial charge in [-0.1, -0.05) is 0 Å². The van der Waals surface area contributed by atoms with Gasteiger partial charge in [-0.05, 0) is 12.3 Å². The topological polar surface area (TPSA) is 84.5 Å². The predicted octanol–water partition coefficient (Wildman–Crippen LogP) is -1.08. The number of rotatable bonds is 4. The Hall–Kier alpha value is -0.660. The number of nitrogens with one attached hydrogen (secondary N) is 2. The van der Waals surface area contributed by atoms with Crippen LogP contribution in [0.4, 0.5) is 0 Å². The van der Waals surface area contributed by atoms with Crippen molar-refractivity contribution in [3.8, 4) is 0 Å². The second-order valence-electron chi connectivity index (χ2n) is 5.00. The molecular formula is C11H20N2O4S. The summed E-state index contributed by atoms with van der Waals surface area (Å²) in [6, 6.07) is 0.0751. The zero-order valence-electron chi connectivity index (χ0n) is 10.4. The largest absolute Gasteiger partial charge is 0.378 e. The third kappa shape index (κ3) is 4.22. The summed E-state index contributed by atoms with van der Waals surface area (Å²) in [6.07, 6.45) is 1.05. The average molecular weight is 276 g/mol. The van der Waals surface area contributed by atoms with Crippen LogP contribution in [-0.4, -0.2) is 58.2 Å². The lowest BCUT2D eigenvalue weighted by atomic mass is 10.1. The minimum atomic E-state index is -2.85. The van der Waals surface area contributed by atoms with Gasteiger partial charge in [0.2, 0.25) is 5.91 Å². The molecule has 2 rings (SSSR count). The normalized spacial score (nSPS) is 31.1. The molecule has 2 atom stereocenters. The van der Waals surface area contributed by atoms with Crippen LogP contribution in [0.25, 0.3) is 0 Å². The first-order valence-corrected chi connectivity index (χ1v) is 8.15. The van der Waals surface area contributed by atoms with Crippen LogP contribution in [0.15, 0.2) is 0 Å². The van der Waals surface area contributed by atoms with Gasteiger partial charge in [-0.15, -0.1) is 0 Å². The standard InChI is InChI=1S/C11H20N2O4S/c14-11(5-10-7-17-3-2-12-10)13-6-9-1-4-18(15,16)8-9/h9-10,12H,1-8H2,(H,13,14). The van der Waals surface area contributed by atoms with Crippen LogP contribution in [0, 0.1) is 5.92 Å². The second kappa shape index (κ2) is 5.99. The molecule has 6 nitrogen and oxygen atoms in total. The SMILES string of the molecule is O=C(CC1COCCN1)NCC1CCS(=O)(=O)C1. The van der Waals surface area contributed by atoms with Crippen molar-refractivity contribution in [3.63, 3.8) is 0 Å². The van der Waals surface area contributed by atoms with Crippen molar-refractivity contribution in [2.45, 2.75) is 18.9 Å². The number of hydrogen-bond acceptors (Lipinski definition) is 5. The molecule has 2 fully saturated rings. The van der Waals surface area contributed by atoms with Crippen molar-refractivity contribution in [3.05, 3.63) is 0 Å². The Kier molecular flexibility index (Phi) is 4.58. The van der Waals surface area contributed by atoms with Gasteiger partial charge in [-0.25, -0.2) is 8.42 Å². The van der Waals surface area contributed by atoms with Crippen molar-refractivity contribution in [1.82, 2.24) is 10.6 Å². The van der Waals surface area contributed by atoms with Gasteiger partial charge in [0.25, 0.3) is 0 Å². The highest BCUT2D eigenvalue weighted by Crippen LogP contribution is 2.17. The van der Waals surface area contributed by atoms with E-state index >= 15 is 0 Å². The van der Waals surface area contributed by atoms with E-state index in [-0.39, 0.29) is 29.4 Å². The quantitative estimate of drug-likeness (QED) is 0.682. The van der Waals surface area contributed by atoms with Crippen molar-refractivity contribution >= 4 is 15.7 Å². The molecule has 18 heavy (non-hydrogen) atoms. The van der Waals surface area contributed by atoms with Gasteiger partial charge in [0.1, 0.15) is 0 Å². The molecule has 7 heteroatoms. The van der Waals surface area contributed by atoms with E-state index in [2.05, 4.69) is 10.6 Å². The zero-order chi connectivity index (χ0) is 13.0. The van der Waals surface area contributed by atoms with Crippen LogP contribution in [0.5, 0.6) is 0 Å². The molecule has 2 heterocycles. The van der Waals surface area contributed by atoms with Crippen molar-refractivity contribution < 1.29 is 17.9 Å². The Labute approximate surface area is 107 Å². The fourth-order valence-electron chi connectivity index (χ4n) is 2.34. The first kappa shape index (κ1) is 13.8. The number of sulfone groups is 1. The smallest absolute Gasteiger partial charge is 0.221 e. The van der Waals surface area contributed by atoms with Gasteiger partial charge < -0.3 is 15.4 Å². The van der Waals surface area contributed by atoms with Gasteiger partial charge in [0, 0.05) is 25.6 Å². The highest BCUT2D eigenvalue weighted by Gasteiger charge is 2.28. The number of hydrogen-bond donors (Lipinski definition) is 2. The molecule has 2 aliphatic heterocycles. The van der Waals surface area contributed by atoms with Crippen LogP contribution < -0.4 is 10.6 Å². The molecule has 0 aromatic carbocycles. The summed E-state index contributed by atoms with van der Waals surface area (Å²) in [7, 11) is -2.85. The summed E-state index contributed by atoms with van der Waals surface area (Å²) in [5.74, 6) is 0.501. The number of carbonyl (C=O) groups is 1. The lowest BCUT2D eigenvalue weighted by Gasteiger charge is -2.23. The van der Waals surface area contributed by atoms with Crippen LogP contribution in [0.3, 0.4) is 0 Å². The minimum Gasteiger partial charge on any atom is -0.378 e. The van der Waals surface area contributed by atoms with Crippen molar-refractivity contribution in [2.75, 3.05) is 37.8 Å². The zero-order valence-corrected chi connectivity index (χ0v) is 11.2. The molecule has 0 saturated carbocycles. The van der Waals surface area contributed by atoms with Crippen LogP contribution in [0.1, 0.15) is 12.8 Å². The Bertz CT molecular complexity index is 390. The fraction of sp³-hybridized carbons (Fsp3) is 0.909. The maximum absolute atomic E-state index is 11.7. The first-order chi connectivity index (χ1) is 8.55. The summed E-state index contributed by atoms with van der Waals surface area (Å²) in [4.78, 5) is 11.7. The molecule has 0 radical (unpaired) electrons. The molecule has 104 valence electrons. The number of carbonyl (C=O) groups excluding carboxylic acids is 1. The van der Waals surface area contributed by atoms with Gasteiger partial charge in [0.15, 0.2) is 9.84 Å². The first-order valence-electron chi connectivity index (χ1n) is 6.33. The second-order valence-corrected chi connectivity index (χ2v) is 7.23. The maximum Gasteiger partial charge on any atom is 0.221 e. The highest BCUT2D eigenvalue weighted by atomic mass is 32.2. The van der Waals surface area contributed by atoms with Crippen molar-refractivity contribution in [2.24, 2.45) is 5.92 Å². The monoisotopic (exact) mass is 276 g/mol. The molecular weight excluding hydrogens is 256 g/mol. The number of morpholine rings is 1. The maximum atomic E-state index is 11.7. The Morgan fingerprint density at radius 2 is 2.28 bits per heavy atom. The molecule has 0 aromatic rings. The van der Waals surface area contributed by atoms with Gasteiger partial charge in [-0.2, -0.15) is 0 Å². The van der Waals surface area contributed by atoms with Crippen LogP contribution in [-0.2, 0) is 19.4 Å². The minimum absolute atomic E-state index is 0.0395. The Morgan fingerprint density at radius 1 is 1.44 bits per heavy atom. The van der Waals surface area contributed by atoms with Crippen LogP contribution >= 0.6 is 0 Å². The van der Waals surface area contributed by atoms with Crippen molar-refractivity contribution in [1.29, 1.82) is 0 Å². The van der Waals surface area contributed by atoms with Gasteiger partial charge >= 0.3 is 0 Å². The van der Waals surface area contributed by atoms with E-state index in [9.17, 15) is 13.2 Å². The van der Waals surface area contributed by atoms with E-state index in [0.29, 0.717) is 32.6 Å². The Morgan fingerprint density at radius 3 is 2.89 bits per heavy atom. The molecule has 2 aliphatic rings. The van der Waals surface area contributed by atoms with Crippen LogP contribution in [0.2, 0.25) is 0 Å². The van der Waals surface area contributed by atoms with E-state index in [0.717, 1.165) is 6.54 Å². The summed E-state index contributed by atoms with van der Waals surface area (Å²) in [6.45, 7) is 2.49. The van der Waals surface area contributed by atoms with E-state index in [4.69, 9.17) is 4.74 Å². The molecule has 1 amide bonds. The lowest BCUT2D eigenvalue weighted by molar-refractivity contribution is -0.122. The molecule has 2 saturated heterocycles. The summed E-state index contributed by atoms with van der Waals surface area (Å²) < 4.78 is 27.8. The molecule has 0 aromatic heterocycles. The Balaban J connectivity index is 1.65. The third-order valence-corrected chi connectivity index (χ3v) is 5.18. The van der Waals surface area contributed by atoms with E-state index in [1.807, 2.05) is 0 Å². The van der Waals surface area contributed by atoms with E-state index in [1.165, 1.54) is 0 Å². The average Bonchev–Trinajstić information content (AvgIpc) is 2.68. The predicted molar refractivity (Wildman–Crippen MR) is 67.0 cm³/mol. The number of amides is 1. The van der Waals surface area contributed by atoms with E-state index < -0.39 is 9.84 Å². The molecule has 2 unspecified atom stereocenters. The van der Waals surface area contributed by atoms with E-state index in [1.54, 1.807) is 0 Å². The third-order valence-electron chi connectivity index (χ3n) is 3.34. The lowest BCUT2D eigenvalue weighted by Crippen LogP contribution is -2.44. The van der Waals surface area contributed by atoms with Gasteiger partial charge in [0.05, 0.1) is 24.7 Å². The van der Waals surface area contributed by atoms with Gasteiger partial charge in [-0.3, -0.25) is 4.79 Å². The fourth-order valence-corrected chi connectivity index (χ4v) is 4.20. The molecule has 2 N–H and O–H groups in total. The highest BCUT2D eigenvalue weighted by molar-refractivity contribution is 7.91.